The van der Waals surface area contributed by atoms with Crippen LogP contribution in [0.2, 0.25) is 0 Å². The summed E-state index contributed by atoms with van der Waals surface area (Å²) in [7, 11) is 1.55. The Morgan fingerprint density at radius 3 is 2.60 bits per heavy atom. The summed E-state index contributed by atoms with van der Waals surface area (Å²) < 4.78 is 17.6. The van der Waals surface area contributed by atoms with E-state index in [1.54, 1.807) is 19.2 Å². The third-order valence-corrected chi connectivity index (χ3v) is 4.72. The fourth-order valence-corrected chi connectivity index (χ4v) is 3.38. The summed E-state index contributed by atoms with van der Waals surface area (Å²) in [6.07, 6.45) is 0.849. The fraction of sp³-hybridized carbons (Fsp3) is 0.316. The summed E-state index contributed by atoms with van der Waals surface area (Å²) in [5.41, 5.74) is 1.43. The van der Waals surface area contributed by atoms with Crippen LogP contribution in [-0.4, -0.2) is 26.2 Å². The normalized spacial score (nSPS) is 14.4. The molecule has 5 nitrogen and oxygen atoms in total. The Morgan fingerprint density at radius 2 is 1.88 bits per heavy atom. The SMILES string of the molecule is COc1ccccc1C(=O)NC(C)c1cc2c(cc1Br)OCCCO2. The van der Waals surface area contributed by atoms with Gasteiger partial charge in [0, 0.05) is 10.9 Å². The molecule has 0 fully saturated rings. The van der Waals surface area contributed by atoms with Gasteiger partial charge < -0.3 is 19.5 Å². The number of halogens is 1. The van der Waals surface area contributed by atoms with Crippen molar-refractivity contribution in [1.29, 1.82) is 0 Å². The van der Waals surface area contributed by atoms with Crippen molar-refractivity contribution in [2.24, 2.45) is 0 Å². The van der Waals surface area contributed by atoms with Gasteiger partial charge in [0.25, 0.3) is 5.91 Å². The molecule has 6 heteroatoms. The molecule has 1 atom stereocenters. The molecule has 2 aromatic rings. The molecule has 3 rings (SSSR count). The van der Waals surface area contributed by atoms with E-state index in [0.717, 1.165) is 22.2 Å². The lowest BCUT2D eigenvalue weighted by molar-refractivity contribution is 0.0936. The van der Waals surface area contributed by atoms with Crippen LogP contribution in [0.25, 0.3) is 0 Å². The number of methoxy groups -OCH3 is 1. The van der Waals surface area contributed by atoms with Crippen molar-refractivity contribution in [1.82, 2.24) is 5.32 Å². The summed E-state index contributed by atoms with van der Waals surface area (Å²) in [5.74, 6) is 1.78. The Bertz CT molecular complexity index is 778. The van der Waals surface area contributed by atoms with Crippen LogP contribution < -0.4 is 19.5 Å². The molecule has 1 heterocycles. The molecule has 132 valence electrons. The molecule has 0 radical (unpaired) electrons. The summed E-state index contributed by atoms with van der Waals surface area (Å²) in [4.78, 5) is 12.6. The summed E-state index contributed by atoms with van der Waals surface area (Å²) in [6.45, 7) is 3.19. The van der Waals surface area contributed by atoms with Gasteiger partial charge in [-0.25, -0.2) is 0 Å². The number of amides is 1. The second kappa shape index (κ2) is 7.78. The minimum Gasteiger partial charge on any atom is -0.496 e. The number of carbonyl (C=O) groups is 1. The van der Waals surface area contributed by atoms with Gasteiger partial charge in [0.05, 0.1) is 31.9 Å². The first-order valence-electron chi connectivity index (χ1n) is 8.13. The third-order valence-electron chi connectivity index (χ3n) is 4.03. The largest absolute Gasteiger partial charge is 0.496 e. The first-order valence-corrected chi connectivity index (χ1v) is 8.92. The Balaban J connectivity index is 1.82. The van der Waals surface area contributed by atoms with E-state index in [1.807, 2.05) is 31.2 Å². The van der Waals surface area contributed by atoms with Crippen LogP contribution in [0.5, 0.6) is 17.2 Å². The second-order valence-corrected chi connectivity index (χ2v) is 6.62. The molecule has 0 saturated carbocycles. The van der Waals surface area contributed by atoms with Crippen molar-refractivity contribution in [3.8, 4) is 17.2 Å². The summed E-state index contributed by atoms with van der Waals surface area (Å²) >= 11 is 3.56. The van der Waals surface area contributed by atoms with Crippen molar-refractivity contribution < 1.29 is 19.0 Å². The number of ether oxygens (including phenoxy) is 3. The van der Waals surface area contributed by atoms with Gasteiger partial charge in [-0.1, -0.05) is 28.1 Å². The zero-order valence-electron chi connectivity index (χ0n) is 14.2. The topological polar surface area (TPSA) is 56.8 Å². The Kier molecular flexibility index (Phi) is 5.48. The van der Waals surface area contributed by atoms with Crippen LogP contribution in [-0.2, 0) is 0 Å². The van der Waals surface area contributed by atoms with E-state index in [2.05, 4.69) is 21.2 Å². The number of hydrogen-bond acceptors (Lipinski definition) is 4. The molecule has 0 aromatic heterocycles. The van der Waals surface area contributed by atoms with Crippen LogP contribution in [0.1, 0.15) is 35.3 Å². The van der Waals surface area contributed by atoms with E-state index in [0.29, 0.717) is 30.3 Å². The van der Waals surface area contributed by atoms with E-state index < -0.39 is 0 Å². The predicted octanol–water partition coefficient (Wildman–Crippen LogP) is 4.11. The molecule has 1 amide bonds. The predicted molar refractivity (Wildman–Crippen MR) is 98.6 cm³/mol. The lowest BCUT2D eigenvalue weighted by atomic mass is 10.1. The van der Waals surface area contributed by atoms with Gasteiger partial charge in [0.2, 0.25) is 0 Å². The average Bonchev–Trinajstić information content (AvgIpc) is 2.85. The molecular formula is C19H20BrNO4. The van der Waals surface area contributed by atoms with Gasteiger partial charge in [0.15, 0.2) is 11.5 Å². The maximum atomic E-state index is 12.6. The number of rotatable bonds is 4. The average molecular weight is 406 g/mol. The van der Waals surface area contributed by atoms with E-state index in [1.165, 1.54) is 0 Å². The van der Waals surface area contributed by atoms with Gasteiger partial charge in [-0.05, 0) is 36.8 Å². The van der Waals surface area contributed by atoms with Crippen LogP contribution >= 0.6 is 15.9 Å². The van der Waals surface area contributed by atoms with E-state index >= 15 is 0 Å². The first kappa shape index (κ1) is 17.6. The molecule has 1 unspecified atom stereocenters. The highest BCUT2D eigenvalue weighted by Crippen LogP contribution is 2.37. The Hall–Kier alpha value is -2.21. The van der Waals surface area contributed by atoms with Crippen LogP contribution in [0.15, 0.2) is 40.9 Å². The van der Waals surface area contributed by atoms with Crippen molar-refractivity contribution in [2.45, 2.75) is 19.4 Å². The van der Waals surface area contributed by atoms with Crippen molar-refractivity contribution >= 4 is 21.8 Å². The lowest BCUT2D eigenvalue weighted by Crippen LogP contribution is -2.27. The molecule has 2 aromatic carbocycles. The number of benzene rings is 2. The Morgan fingerprint density at radius 1 is 1.20 bits per heavy atom. The van der Waals surface area contributed by atoms with Crippen molar-refractivity contribution in [2.75, 3.05) is 20.3 Å². The van der Waals surface area contributed by atoms with E-state index in [9.17, 15) is 4.79 Å². The minimum absolute atomic E-state index is 0.191. The molecule has 0 aliphatic carbocycles. The standard InChI is InChI=1S/C19H20BrNO4/c1-12(21-19(22)13-6-3-4-7-16(13)23-2)14-10-17-18(11-15(14)20)25-9-5-8-24-17/h3-4,6-7,10-12H,5,8-9H2,1-2H3,(H,21,22). The lowest BCUT2D eigenvalue weighted by Gasteiger charge is -2.19. The smallest absolute Gasteiger partial charge is 0.255 e. The summed E-state index contributed by atoms with van der Waals surface area (Å²) in [5, 5.41) is 3.01. The number of nitrogens with one attached hydrogen (secondary N) is 1. The van der Waals surface area contributed by atoms with Crippen LogP contribution in [0.3, 0.4) is 0 Å². The molecule has 0 saturated heterocycles. The molecule has 1 aliphatic heterocycles. The van der Waals surface area contributed by atoms with Crippen LogP contribution in [0, 0.1) is 0 Å². The highest BCUT2D eigenvalue weighted by molar-refractivity contribution is 9.10. The summed E-state index contributed by atoms with van der Waals surface area (Å²) in [6, 6.07) is 10.7. The maximum absolute atomic E-state index is 12.6. The van der Waals surface area contributed by atoms with Gasteiger partial charge in [-0.15, -0.1) is 0 Å². The molecule has 1 N–H and O–H groups in total. The van der Waals surface area contributed by atoms with Gasteiger partial charge in [-0.3, -0.25) is 4.79 Å². The molecule has 1 aliphatic rings. The Labute approximate surface area is 155 Å². The van der Waals surface area contributed by atoms with E-state index in [-0.39, 0.29) is 11.9 Å². The first-order chi connectivity index (χ1) is 12.1. The highest BCUT2D eigenvalue weighted by Gasteiger charge is 2.20. The number of carbonyl (C=O) groups excluding carboxylic acids is 1. The van der Waals surface area contributed by atoms with Crippen LogP contribution in [0.4, 0.5) is 0 Å². The molecule has 25 heavy (non-hydrogen) atoms. The van der Waals surface area contributed by atoms with Gasteiger partial charge in [-0.2, -0.15) is 0 Å². The fourth-order valence-electron chi connectivity index (χ4n) is 2.72. The monoisotopic (exact) mass is 405 g/mol. The quantitative estimate of drug-likeness (QED) is 0.831. The highest BCUT2D eigenvalue weighted by atomic mass is 79.9. The maximum Gasteiger partial charge on any atom is 0.255 e. The van der Waals surface area contributed by atoms with Crippen molar-refractivity contribution in [3.05, 3.63) is 52.0 Å². The number of hydrogen-bond donors (Lipinski definition) is 1. The molecular weight excluding hydrogens is 386 g/mol. The van der Waals surface area contributed by atoms with E-state index in [4.69, 9.17) is 14.2 Å². The van der Waals surface area contributed by atoms with Gasteiger partial charge in [0.1, 0.15) is 5.75 Å². The molecule has 0 bridgehead atoms. The zero-order chi connectivity index (χ0) is 17.8. The number of fused-ring (bicyclic) bond motifs is 1. The van der Waals surface area contributed by atoms with Crippen molar-refractivity contribution in [3.63, 3.8) is 0 Å². The third kappa shape index (κ3) is 3.90. The number of para-hydroxylation sites is 1. The zero-order valence-corrected chi connectivity index (χ0v) is 15.8. The van der Waals surface area contributed by atoms with Gasteiger partial charge >= 0.3 is 0 Å². The minimum atomic E-state index is -0.219. The molecule has 0 spiro atoms. The second-order valence-electron chi connectivity index (χ2n) is 5.77.